The van der Waals surface area contributed by atoms with E-state index in [1.165, 1.54) is 0 Å². The number of ketones is 1. The summed E-state index contributed by atoms with van der Waals surface area (Å²) >= 11 is 5.77. The smallest absolute Gasteiger partial charge is 0.344 e. The van der Waals surface area contributed by atoms with E-state index in [0.29, 0.717) is 16.3 Å². The lowest BCUT2D eigenvalue weighted by atomic mass is 10.1. The summed E-state index contributed by atoms with van der Waals surface area (Å²) in [5, 5.41) is 2.65. The summed E-state index contributed by atoms with van der Waals surface area (Å²) in [6.45, 7) is -0.589. The Hall–Kier alpha value is -2.85. The van der Waals surface area contributed by atoms with Crippen LogP contribution in [0.1, 0.15) is 10.4 Å². The van der Waals surface area contributed by atoms with Crippen LogP contribution in [0.5, 0.6) is 5.75 Å². The molecule has 25 heavy (non-hydrogen) atoms. The Morgan fingerprint density at radius 1 is 0.840 bits per heavy atom. The molecule has 0 fully saturated rings. The minimum Gasteiger partial charge on any atom is -0.482 e. The normalized spacial score (nSPS) is 10.4. The summed E-state index contributed by atoms with van der Waals surface area (Å²) in [6.07, 6.45) is 0. The van der Waals surface area contributed by atoms with E-state index in [9.17, 15) is 9.59 Å². The Morgan fingerprint density at radius 2 is 1.56 bits per heavy atom. The van der Waals surface area contributed by atoms with Crippen molar-refractivity contribution >= 4 is 34.1 Å². The van der Waals surface area contributed by atoms with Crippen LogP contribution in [-0.4, -0.2) is 25.0 Å². The van der Waals surface area contributed by atoms with Gasteiger partial charge in [-0.15, -0.1) is 0 Å². The van der Waals surface area contributed by atoms with E-state index >= 15 is 0 Å². The molecule has 5 heteroatoms. The molecule has 4 nitrogen and oxygen atoms in total. The summed E-state index contributed by atoms with van der Waals surface area (Å²) in [5.74, 6) is -0.328. The third-order valence-corrected chi connectivity index (χ3v) is 3.86. The molecular formula is C20H15ClO4. The maximum Gasteiger partial charge on any atom is 0.344 e. The summed E-state index contributed by atoms with van der Waals surface area (Å²) in [6, 6.07) is 19.8. The Kier molecular flexibility index (Phi) is 5.31. The van der Waals surface area contributed by atoms with Crippen LogP contribution in [-0.2, 0) is 9.53 Å². The molecule has 0 aromatic heterocycles. The van der Waals surface area contributed by atoms with Gasteiger partial charge in [0.2, 0.25) is 0 Å². The lowest BCUT2D eigenvalue weighted by Crippen LogP contribution is -2.19. The average Bonchev–Trinajstić information content (AvgIpc) is 2.65. The first kappa shape index (κ1) is 17.0. The molecule has 126 valence electrons. The molecule has 0 radical (unpaired) electrons. The molecule has 0 heterocycles. The number of halogens is 1. The van der Waals surface area contributed by atoms with E-state index in [-0.39, 0.29) is 19.0 Å². The third-order valence-electron chi connectivity index (χ3n) is 3.61. The van der Waals surface area contributed by atoms with Gasteiger partial charge < -0.3 is 9.47 Å². The molecule has 3 aromatic carbocycles. The number of hydrogen-bond donors (Lipinski definition) is 0. The summed E-state index contributed by atoms with van der Waals surface area (Å²) in [5.41, 5.74) is 0.438. The lowest BCUT2D eigenvalue weighted by molar-refractivity contribution is -0.144. The van der Waals surface area contributed by atoms with Gasteiger partial charge in [0.05, 0.1) is 0 Å². The van der Waals surface area contributed by atoms with E-state index in [1.54, 1.807) is 30.3 Å². The van der Waals surface area contributed by atoms with Crippen LogP contribution in [0.2, 0.25) is 5.02 Å². The SMILES string of the molecule is O=C(COc1ccc2ccccc2c1)OCC(=O)c1ccc(Cl)cc1. The molecule has 0 bridgehead atoms. The van der Waals surface area contributed by atoms with Gasteiger partial charge >= 0.3 is 5.97 Å². The van der Waals surface area contributed by atoms with Crippen molar-refractivity contribution in [1.29, 1.82) is 0 Å². The second-order valence-corrected chi connectivity index (χ2v) is 5.82. The van der Waals surface area contributed by atoms with Crippen LogP contribution in [0.25, 0.3) is 10.8 Å². The molecule has 0 saturated carbocycles. The lowest BCUT2D eigenvalue weighted by Gasteiger charge is -2.08. The monoisotopic (exact) mass is 354 g/mol. The molecule has 0 unspecified atom stereocenters. The first-order valence-corrected chi connectivity index (χ1v) is 8.05. The minimum atomic E-state index is -0.601. The molecular weight excluding hydrogens is 340 g/mol. The van der Waals surface area contributed by atoms with Gasteiger partial charge in [-0.05, 0) is 47.2 Å². The Morgan fingerprint density at radius 3 is 2.32 bits per heavy atom. The maximum atomic E-state index is 11.9. The van der Waals surface area contributed by atoms with Gasteiger partial charge in [0.15, 0.2) is 19.0 Å². The zero-order chi connectivity index (χ0) is 17.6. The molecule has 0 saturated heterocycles. The first-order valence-electron chi connectivity index (χ1n) is 7.68. The average molecular weight is 355 g/mol. The topological polar surface area (TPSA) is 52.6 Å². The number of ether oxygens (including phenoxy) is 2. The largest absolute Gasteiger partial charge is 0.482 e. The molecule has 0 spiro atoms. The highest BCUT2D eigenvalue weighted by atomic mass is 35.5. The van der Waals surface area contributed by atoms with Crippen LogP contribution in [0.15, 0.2) is 66.7 Å². The van der Waals surface area contributed by atoms with Crippen molar-refractivity contribution in [3.05, 3.63) is 77.3 Å². The predicted molar refractivity (Wildman–Crippen MR) is 96.2 cm³/mol. The Labute approximate surface area is 149 Å². The van der Waals surface area contributed by atoms with Gasteiger partial charge in [-0.25, -0.2) is 4.79 Å². The minimum absolute atomic E-state index is 0.258. The van der Waals surface area contributed by atoms with E-state index in [2.05, 4.69) is 0 Å². The highest BCUT2D eigenvalue weighted by molar-refractivity contribution is 6.30. The molecule has 0 N–H and O–H groups in total. The molecule has 3 rings (SSSR count). The van der Waals surface area contributed by atoms with Crippen LogP contribution in [0.4, 0.5) is 0 Å². The quantitative estimate of drug-likeness (QED) is 0.489. The fourth-order valence-corrected chi connectivity index (χ4v) is 2.43. The van der Waals surface area contributed by atoms with Crippen molar-refractivity contribution < 1.29 is 19.1 Å². The summed E-state index contributed by atoms with van der Waals surface area (Å²) in [4.78, 5) is 23.7. The number of fused-ring (bicyclic) bond motifs is 1. The zero-order valence-electron chi connectivity index (χ0n) is 13.3. The van der Waals surface area contributed by atoms with Crippen molar-refractivity contribution in [2.75, 3.05) is 13.2 Å². The predicted octanol–water partition coefficient (Wildman–Crippen LogP) is 4.30. The number of carbonyl (C=O) groups is 2. The molecule has 0 aliphatic heterocycles. The maximum absolute atomic E-state index is 11.9. The summed E-state index contributed by atoms with van der Waals surface area (Å²) < 4.78 is 10.4. The standard InChI is InChI=1S/C20H15ClO4/c21-17-8-5-15(6-9-17)19(22)12-25-20(23)13-24-18-10-7-14-3-1-2-4-16(14)11-18/h1-11H,12-13H2. The van der Waals surface area contributed by atoms with E-state index in [1.807, 2.05) is 36.4 Å². The van der Waals surface area contributed by atoms with Gasteiger partial charge in [-0.3, -0.25) is 4.79 Å². The van der Waals surface area contributed by atoms with Gasteiger partial charge in [-0.1, -0.05) is 41.9 Å². The fourth-order valence-electron chi connectivity index (χ4n) is 2.31. The molecule has 0 atom stereocenters. The van der Waals surface area contributed by atoms with Crippen LogP contribution >= 0.6 is 11.6 Å². The van der Waals surface area contributed by atoms with Crippen molar-refractivity contribution in [3.8, 4) is 5.75 Å². The zero-order valence-corrected chi connectivity index (χ0v) is 14.0. The van der Waals surface area contributed by atoms with Crippen molar-refractivity contribution in [3.63, 3.8) is 0 Å². The van der Waals surface area contributed by atoms with E-state index in [4.69, 9.17) is 21.1 Å². The Bertz CT molecular complexity index is 903. The molecule has 0 amide bonds. The number of esters is 1. The van der Waals surface area contributed by atoms with Crippen molar-refractivity contribution in [1.82, 2.24) is 0 Å². The number of benzene rings is 3. The van der Waals surface area contributed by atoms with Gasteiger partial charge in [0.25, 0.3) is 0 Å². The highest BCUT2D eigenvalue weighted by Crippen LogP contribution is 2.20. The fraction of sp³-hybridized carbons (Fsp3) is 0.100. The second-order valence-electron chi connectivity index (χ2n) is 5.39. The molecule has 0 aliphatic carbocycles. The third kappa shape index (κ3) is 4.58. The first-order chi connectivity index (χ1) is 12.1. The van der Waals surface area contributed by atoms with Crippen molar-refractivity contribution in [2.45, 2.75) is 0 Å². The van der Waals surface area contributed by atoms with E-state index in [0.717, 1.165) is 10.8 Å². The second kappa shape index (κ2) is 7.81. The van der Waals surface area contributed by atoms with Crippen molar-refractivity contribution in [2.24, 2.45) is 0 Å². The number of hydrogen-bond acceptors (Lipinski definition) is 4. The molecule has 3 aromatic rings. The number of Topliss-reactive ketones (excluding diaryl/α,β-unsaturated/α-hetero) is 1. The van der Waals surface area contributed by atoms with Crippen LogP contribution in [0, 0.1) is 0 Å². The Balaban J connectivity index is 1.50. The van der Waals surface area contributed by atoms with Gasteiger partial charge in [-0.2, -0.15) is 0 Å². The van der Waals surface area contributed by atoms with Gasteiger partial charge in [0, 0.05) is 10.6 Å². The van der Waals surface area contributed by atoms with Crippen LogP contribution in [0.3, 0.4) is 0 Å². The number of rotatable bonds is 6. The summed E-state index contributed by atoms with van der Waals surface area (Å²) in [7, 11) is 0. The van der Waals surface area contributed by atoms with Crippen LogP contribution < -0.4 is 4.74 Å². The number of carbonyl (C=O) groups excluding carboxylic acids is 2. The van der Waals surface area contributed by atoms with E-state index < -0.39 is 5.97 Å². The molecule has 0 aliphatic rings. The highest BCUT2D eigenvalue weighted by Gasteiger charge is 2.10. The van der Waals surface area contributed by atoms with Gasteiger partial charge in [0.1, 0.15) is 5.75 Å².